The summed E-state index contributed by atoms with van der Waals surface area (Å²) < 4.78 is 30.8. The molecular formula is C10H13BrN2O4S. The van der Waals surface area contributed by atoms with E-state index in [1.807, 2.05) is 0 Å². The van der Waals surface area contributed by atoms with Gasteiger partial charge in [0.15, 0.2) is 0 Å². The number of carbonyl (C=O) groups excluding carboxylic acids is 1. The average molecular weight is 337 g/mol. The third-order valence-electron chi connectivity index (χ3n) is 2.08. The number of nitrogen functional groups attached to an aromatic ring is 1. The molecule has 0 radical (unpaired) electrons. The highest BCUT2D eigenvalue weighted by atomic mass is 79.9. The van der Waals surface area contributed by atoms with E-state index in [0.29, 0.717) is 5.69 Å². The van der Waals surface area contributed by atoms with Crippen molar-refractivity contribution in [2.45, 2.75) is 6.42 Å². The van der Waals surface area contributed by atoms with Gasteiger partial charge in [0.1, 0.15) is 0 Å². The maximum absolute atomic E-state index is 11.7. The zero-order valence-electron chi connectivity index (χ0n) is 9.64. The van der Waals surface area contributed by atoms with Crippen LogP contribution < -0.4 is 10.5 Å². The van der Waals surface area contributed by atoms with Crippen LogP contribution in [0.3, 0.4) is 0 Å². The predicted octanol–water partition coefficient (Wildman–Crippen LogP) is 1.34. The Morgan fingerprint density at radius 2 is 2.17 bits per heavy atom. The van der Waals surface area contributed by atoms with Crippen molar-refractivity contribution in [1.82, 2.24) is 0 Å². The van der Waals surface area contributed by atoms with Crippen molar-refractivity contribution < 1.29 is 17.9 Å². The maximum atomic E-state index is 11.7. The first-order valence-electron chi connectivity index (χ1n) is 4.96. The van der Waals surface area contributed by atoms with Crippen LogP contribution in [-0.4, -0.2) is 27.2 Å². The lowest BCUT2D eigenvalue weighted by Crippen LogP contribution is -2.20. The monoisotopic (exact) mass is 336 g/mol. The second-order valence-corrected chi connectivity index (χ2v) is 6.24. The predicted molar refractivity (Wildman–Crippen MR) is 72.6 cm³/mol. The summed E-state index contributed by atoms with van der Waals surface area (Å²) in [5.41, 5.74) is 6.24. The number of hydrogen-bond acceptors (Lipinski definition) is 5. The SMILES string of the molecule is COC(=O)CCS(=O)(=O)Nc1ccc(Br)cc1N. The van der Waals surface area contributed by atoms with Crippen molar-refractivity contribution >= 4 is 43.3 Å². The number of nitrogens with one attached hydrogen (secondary N) is 1. The fraction of sp³-hybridized carbons (Fsp3) is 0.300. The van der Waals surface area contributed by atoms with Gasteiger partial charge in [0.2, 0.25) is 10.0 Å². The van der Waals surface area contributed by atoms with Crippen LogP contribution >= 0.6 is 15.9 Å². The Morgan fingerprint density at radius 3 is 2.72 bits per heavy atom. The number of anilines is 2. The summed E-state index contributed by atoms with van der Waals surface area (Å²) in [5, 5.41) is 0. The largest absolute Gasteiger partial charge is 0.469 e. The van der Waals surface area contributed by atoms with E-state index < -0.39 is 16.0 Å². The van der Waals surface area contributed by atoms with Gasteiger partial charge in [0, 0.05) is 4.47 Å². The molecule has 6 nitrogen and oxygen atoms in total. The molecule has 1 aromatic rings. The zero-order valence-corrected chi connectivity index (χ0v) is 12.0. The van der Waals surface area contributed by atoms with Gasteiger partial charge < -0.3 is 10.5 Å². The number of ether oxygens (including phenoxy) is 1. The van der Waals surface area contributed by atoms with E-state index in [-0.39, 0.29) is 17.9 Å². The lowest BCUT2D eigenvalue weighted by Gasteiger charge is -2.10. The van der Waals surface area contributed by atoms with Crippen molar-refractivity contribution in [3.05, 3.63) is 22.7 Å². The van der Waals surface area contributed by atoms with Crippen LogP contribution in [0, 0.1) is 0 Å². The Hall–Kier alpha value is -1.28. The Kier molecular flexibility index (Phi) is 4.97. The lowest BCUT2D eigenvalue weighted by atomic mass is 10.3. The molecule has 3 N–H and O–H groups in total. The van der Waals surface area contributed by atoms with Gasteiger partial charge in [-0.15, -0.1) is 0 Å². The lowest BCUT2D eigenvalue weighted by molar-refractivity contribution is -0.140. The molecule has 0 saturated heterocycles. The summed E-state index contributed by atoms with van der Waals surface area (Å²) in [4.78, 5) is 10.9. The van der Waals surface area contributed by atoms with Gasteiger partial charge in [-0.1, -0.05) is 15.9 Å². The Morgan fingerprint density at radius 1 is 1.50 bits per heavy atom. The van der Waals surface area contributed by atoms with Crippen molar-refractivity contribution in [3.63, 3.8) is 0 Å². The highest BCUT2D eigenvalue weighted by Gasteiger charge is 2.14. The Balaban J connectivity index is 2.73. The third kappa shape index (κ3) is 4.53. The van der Waals surface area contributed by atoms with Crippen molar-refractivity contribution in [2.75, 3.05) is 23.3 Å². The van der Waals surface area contributed by atoms with E-state index >= 15 is 0 Å². The van der Waals surface area contributed by atoms with Gasteiger partial charge in [-0.3, -0.25) is 9.52 Å². The summed E-state index contributed by atoms with van der Waals surface area (Å²) >= 11 is 3.22. The summed E-state index contributed by atoms with van der Waals surface area (Å²) in [6.07, 6.45) is -0.206. The highest BCUT2D eigenvalue weighted by Crippen LogP contribution is 2.24. The number of nitrogens with two attached hydrogens (primary N) is 1. The van der Waals surface area contributed by atoms with Crippen molar-refractivity contribution in [3.8, 4) is 0 Å². The van der Waals surface area contributed by atoms with Gasteiger partial charge >= 0.3 is 5.97 Å². The molecule has 0 bridgehead atoms. The van der Waals surface area contributed by atoms with Crippen LogP contribution in [0.5, 0.6) is 0 Å². The van der Waals surface area contributed by atoms with Crippen LogP contribution in [0.2, 0.25) is 0 Å². The smallest absolute Gasteiger partial charge is 0.306 e. The average Bonchev–Trinajstić information content (AvgIpc) is 2.30. The normalized spacial score (nSPS) is 11.0. The van der Waals surface area contributed by atoms with E-state index in [0.717, 1.165) is 4.47 Å². The van der Waals surface area contributed by atoms with E-state index in [4.69, 9.17) is 5.73 Å². The van der Waals surface area contributed by atoms with E-state index in [2.05, 4.69) is 25.4 Å². The molecule has 1 aromatic carbocycles. The molecule has 0 fully saturated rings. The molecule has 0 heterocycles. The van der Waals surface area contributed by atoms with E-state index in [1.165, 1.54) is 13.2 Å². The Bertz CT molecular complexity index is 545. The number of halogens is 1. The minimum atomic E-state index is -3.62. The first kappa shape index (κ1) is 14.8. The molecule has 0 aliphatic rings. The second-order valence-electron chi connectivity index (χ2n) is 3.48. The highest BCUT2D eigenvalue weighted by molar-refractivity contribution is 9.10. The molecule has 0 aliphatic heterocycles. The number of esters is 1. The van der Waals surface area contributed by atoms with Gasteiger partial charge in [-0.2, -0.15) is 0 Å². The fourth-order valence-corrected chi connectivity index (χ4v) is 2.60. The van der Waals surface area contributed by atoms with Gasteiger partial charge in [0.05, 0.1) is 30.7 Å². The minimum absolute atomic E-state index is 0.206. The molecule has 0 aromatic heterocycles. The molecule has 0 aliphatic carbocycles. The molecular weight excluding hydrogens is 324 g/mol. The number of hydrogen-bond donors (Lipinski definition) is 2. The standard InChI is InChI=1S/C10H13BrN2O4S/c1-17-10(14)4-5-18(15,16)13-9-3-2-7(11)6-8(9)12/h2-3,6,13H,4-5,12H2,1H3. The molecule has 0 atom stereocenters. The molecule has 1 rings (SSSR count). The summed E-state index contributed by atoms with van der Waals surface area (Å²) in [5.74, 6) is -0.931. The number of carbonyl (C=O) groups is 1. The molecule has 0 spiro atoms. The molecule has 0 saturated carbocycles. The summed E-state index contributed by atoms with van der Waals surface area (Å²) in [6.45, 7) is 0. The third-order valence-corrected chi connectivity index (χ3v) is 3.85. The van der Waals surface area contributed by atoms with Gasteiger partial charge in [-0.05, 0) is 18.2 Å². The zero-order chi connectivity index (χ0) is 13.8. The number of methoxy groups -OCH3 is 1. The summed E-state index contributed by atoms with van der Waals surface area (Å²) in [7, 11) is -2.42. The van der Waals surface area contributed by atoms with Crippen LogP contribution in [0.4, 0.5) is 11.4 Å². The molecule has 0 unspecified atom stereocenters. The topological polar surface area (TPSA) is 98.5 Å². The van der Waals surface area contributed by atoms with Gasteiger partial charge in [-0.25, -0.2) is 8.42 Å². The molecule has 18 heavy (non-hydrogen) atoms. The van der Waals surface area contributed by atoms with Gasteiger partial charge in [0.25, 0.3) is 0 Å². The molecule has 0 amide bonds. The molecule has 8 heteroatoms. The number of sulfonamides is 1. The minimum Gasteiger partial charge on any atom is -0.469 e. The fourth-order valence-electron chi connectivity index (χ4n) is 1.16. The number of benzene rings is 1. The van der Waals surface area contributed by atoms with Crippen molar-refractivity contribution in [2.24, 2.45) is 0 Å². The first-order chi connectivity index (χ1) is 8.34. The van der Waals surface area contributed by atoms with Crippen LogP contribution in [0.1, 0.15) is 6.42 Å². The summed E-state index contributed by atoms with van der Waals surface area (Å²) in [6, 6.07) is 4.78. The quantitative estimate of drug-likeness (QED) is 0.624. The van der Waals surface area contributed by atoms with E-state index in [9.17, 15) is 13.2 Å². The van der Waals surface area contributed by atoms with Crippen LogP contribution in [0.25, 0.3) is 0 Å². The molecule has 100 valence electrons. The second kappa shape index (κ2) is 6.05. The number of rotatable bonds is 5. The van der Waals surface area contributed by atoms with E-state index in [1.54, 1.807) is 12.1 Å². The first-order valence-corrected chi connectivity index (χ1v) is 7.41. The van der Waals surface area contributed by atoms with Crippen LogP contribution in [0.15, 0.2) is 22.7 Å². The van der Waals surface area contributed by atoms with Crippen LogP contribution in [-0.2, 0) is 19.6 Å². The Labute approximate surface area is 114 Å². The maximum Gasteiger partial charge on any atom is 0.306 e. The van der Waals surface area contributed by atoms with Crippen molar-refractivity contribution in [1.29, 1.82) is 0 Å².